The number of hydrogen-bond donors (Lipinski definition) is 2. The molecule has 0 spiro atoms. The molecule has 2 N–H and O–H groups in total. The van der Waals surface area contributed by atoms with E-state index in [2.05, 4.69) is 15.6 Å². The van der Waals surface area contributed by atoms with E-state index >= 15 is 0 Å². The van der Waals surface area contributed by atoms with Crippen molar-refractivity contribution in [2.75, 3.05) is 39.4 Å². The van der Waals surface area contributed by atoms with Crippen LogP contribution in [0.3, 0.4) is 0 Å². The summed E-state index contributed by atoms with van der Waals surface area (Å²) in [5.74, 6) is 2.13. The molecule has 0 saturated carbocycles. The van der Waals surface area contributed by atoms with Crippen LogP contribution in [0.5, 0.6) is 28.7 Å². The first-order valence-corrected chi connectivity index (χ1v) is 12.6. The van der Waals surface area contributed by atoms with Crippen LogP contribution >= 0.6 is 23.6 Å². The van der Waals surface area contributed by atoms with Gasteiger partial charge in [-0.1, -0.05) is 0 Å². The molecule has 1 amide bonds. The average Bonchev–Trinajstić information content (AvgIpc) is 3.33. The normalized spacial score (nSPS) is 10.4. The van der Waals surface area contributed by atoms with E-state index in [0.29, 0.717) is 59.3 Å². The molecule has 0 atom stereocenters. The first kappa shape index (κ1) is 27.0. The molecule has 0 aliphatic carbocycles. The van der Waals surface area contributed by atoms with Crippen LogP contribution in [-0.2, 0) is 0 Å². The van der Waals surface area contributed by atoms with Crippen molar-refractivity contribution in [3.63, 3.8) is 0 Å². The maximum absolute atomic E-state index is 13.0. The summed E-state index contributed by atoms with van der Waals surface area (Å²) in [5.41, 5.74) is 1.90. The van der Waals surface area contributed by atoms with Gasteiger partial charge < -0.3 is 29.0 Å². The van der Waals surface area contributed by atoms with Gasteiger partial charge in [-0.2, -0.15) is 0 Å². The summed E-state index contributed by atoms with van der Waals surface area (Å²) in [5, 5.41) is 8.15. The van der Waals surface area contributed by atoms with Crippen molar-refractivity contribution in [2.45, 2.75) is 20.8 Å². The Kier molecular flexibility index (Phi) is 9.71. The third-order valence-electron chi connectivity index (χ3n) is 4.80. The highest BCUT2D eigenvalue weighted by Crippen LogP contribution is 2.39. The van der Waals surface area contributed by atoms with Gasteiger partial charge in [0.15, 0.2) is 33.2 Å². The number of aromatic nitrogens is 1. The standard InChI is InChI=1S/C25H29N3O6S2/c1-6-32-20-12-16(13-21(33-7-2)22(20)34-8-3)23(29)27-24(35)28-25-26-17(14-36-25)15-9-10-18(30-4)19(11-15)31-5/h9-14H,6-8H2,1-5H3,(H2,26,27,28,29,35). The second-order valence-electron chi connectivity index (χ2n) is 7.12. The van der Waals surface area contributed by atoms with Gasteiger partial charge in [0.25, 0.3) is 5.91 Å². The van der Waals surface area contributed by atoms with Crippen molar-refractivity contribution in [1.82, 2.24) is 10.3 Å². The number of nitrogens with zero attached hydrogens (tertiary/aromatic N) is 1. The smallest absolute Gasteiger partial charge is 0.257 e. The number of benzene rings is 2. The number of rotatable bonds is 11. The molecule has 2 aromatic carbocycles. The third-order valence-corrected chi connectivity index (χ3v) is 5.76. The lowest BCUT2D eigenvalue weighted by molar-refractivity contribution is 0.0976. The molecule has 9 nitrogen and oxygen atoms in total. The quantitative estimate of drug-likeness (QED) is 0.325. The van der Waals surface area contributed by atoms with E-state index in [4.69, 9.17) is 35.9 Å². The van der Waals surface area contributed by atoms with Gasteiger partial charge >= 0.3 is 0 Å². The Morgan fingerprint density at radius 1 is 0.917 bits per heavy atom. The lowest BCUT2D eigenvalue weighted by Gasteiger charge is -2.17. The van der Waals surface area contributed by atoms with Crippen molar-refractivity contribution in [3.05, 3.63) is 41.3 Å². The van der Waals surface area contributed by atoms with Crippen LogP contribution in [-0.4, -0.2) is 50.0 Å². The number of hydrogen-bond acceptors (Lipinski definition) is 9. The number of carbonyl (C=O) groups is 1. The van der Waals surface area contributed by atoms with Gasteiger partial charge in [0.1, 0.15) is 0 Å². The van der Waals surface area contributed by atoms with Crippen LogP contribution in [0.4, 0.5) is 5.13 Å². The van der Waals surface area contributed by atoms with Crippen LogP contribution in [0.1, 0.15) is 31.1 Å². The summed E-state index contributed by atoms with van der Waals surface area (Å²) in [7, 11) is 3.16. The van der Waals surface area contributed by atoms with E-state index in [9.17, 15) is 4.79 Å². The molecule has 192 valence electrons. The molecule has 3 rings (SSSR count). The van der Waals surface area contributed by atoms with Crippen LogP contribution in [0.25, 0.3) is 11.3 Å². The Labute approximate surface area is 219 Å². The van der Waals surface area contributed by atoms with Gasteiger partial charge in [0.2, 0.25) is 5.75 Å². The number of thiocarbonyl (C=S) groups is 1. The van der Waals surface area contributed by atoms with Gasteiger partial charge in [-0.25, -0.2) is 4.98 Å². The van der Waals surface area contributed by atoms with E-state index in [1.54, 1.807) is 26.4 Å². The Morgan fingerprint density at radius 2 is 1.56 bits per heavy atom. The van der Waals surface area contributed by atoms with Gasteiger partial charge in [0, 0.05) is 16.5 Å². The minimum Gasteiger partial charge on any atom is -0.493 e. The second-order valence-corrected chi connectivity index (χ2v) is 8.38. The highest BCUT2D eigenvalue weighted by molar-refractivity contribution is 7.80. The van der Waals surface area contributed by atoms with Gasteiger partial charge in [-0.05, 0) is 63.3 Å². The zero-order valence-electron chi connectivity index (χ0n) is 20.8. The minimum atomic E-state index is -0.422. The highest BCUT2D eigenvalue weighted by Gasteiger charge is 2.19. The van der Waals surface area contributed by atoms with Gasteiger partial charge in [-0.3, -0.25) is 10.1 Å². The topological polar surface area (TPSA) is 100 Å². The first-order valence-electron chi connectivity index (χ1n) is 11.3. The van der Waals surface area contributed by atoms with E-state index < -0.39 is 5.91 Å². The highest BCUT2D eigenvalue weighted by atomic mass is 32.1. The molecule has 0 fully saturated rings. The van der Waals surface area contributed by atoms with Gasteiger partial charge in [-0.15, -0.1) is 11.3 Å². The zero-order chi connectivity index (χ0) is 26.1. The number of carbonyl (C=O) groups excluding carboxylic acids is 1. The Morgan fingerprint density at radius 3 is 2.14 bits per heavy atom. The fourth-order valence-corrected chi connectivity index (χ4v) is 4.26. The molecular formula is C25H29N3O6S2. The van der Waals surface area contributed by atoms with Crippen molar-refractivity contribution in [3.8, 4) is 40.0 Å². The van der Waals surface area contributed by atoms with E-state index in [-0.39, 0.29) is 5.11 Å². The van der Waals surface area contributed by atoms with Crippen molar-refractivity contribution in [1.29, 1.82) is 0 Å². The monoisotopic (exact) mass is 531 g/mol. The summed E-state index contributed by atoms with van der Waals surface area (Å²) in [6, 6.07) is 8.75. The predicted molar refractivity (Wildman–Crippen MR) is 144 cm³/mol. The molecule has 1 heterocycles. The molecule has 0 saturated heterocycles. The number of amides is 1. The fourth-order valence-electron chi connectivity index (χ4n) is 3.28. The van der Waals surface area contributed by atoms with E-state index in [0.717, 1.165) is 11.3 Å². The molecule has 1 aromatic heterocycles. The summed E-state index contributed by atoms with van der Waals surface area (Å²) >= 11 is 6.70. The third kappa shape index (κ3) is 6.55. The molecule has 0 bridgehead atoms. The Bertz CT molecular complexity index is 1190. The summed E-state index contributed by atoms with van der Waals surface area (Å²) in [6.07, 6.45) is 0. The lowest BCUT2D eigenvalue weighted by atomic mass is 10.1. The maximum Gasteiger partial charge on any atom is 0.257 e. The summed E-state index contributed by atoms with van der Waals surface area (Å²) < 4.78 is 27.7. The number of nitrogens with one attached hydrogen (secondary N) is 2. The number of anilines is 1. The number of thiazole rings is 1. The van der Waals surface area contributed by atoms with E-state index in [1.807, 2.05) is 44.4 Å². The number of ether oxygens (including phenoxy) is 5. The zero-order valence-corrected chi connectivity index (χ0v) is 22.4. The molecule has 0 radical (unpaired) electrons. The molecule has 36 heavy (non-hydrogen) atoms. The van der Waals surface area contributed by atoms with Crippen molar-refractivity contribution >= 4 is 39.7 Å². The Hall–Kier alpha value is -3.57. The van der Waals surface area contributed by atoms with Crippen LogP contribution in [0, 0.1) is 0 Å². The maximum atomic E-state index is 13.0. The van der Waals surface area contributed by atoms with Gasteiger partial charge in [0.05, 0.1) is 39.7 Å². The minimum absolute atomic E-state index is 0.109. The second kappa shape index (κ2) is 12.9. The molecule has 3 aromatic rings. The van der Waals surface area contributed by atoms with Crippen molar-refractivity contribution < 1.29 is 28.5 Å². The molecule has 0 aliphatic heterocycles. The summed E-state index contributed by atoms with van der Waals surface area (Å²) in [4.78, 5) is 17.5. The van der Waals surface area contributed by atoms with Crippen molar-refractivity contribution in [2.24, 2.45) is 0 Å². The first-order chi connectivity index (χ1) is 17.4. The number of methoxy groups -OCH3 is 2. The summed E-state index contributed by atoms with van der Waals surface area (Å²) in [6.45, 7) is 6.81. The molecule has 0 aliphatic rings. The lowest BCUT2D eigenvalue weighted by Crippen LogP contribution is -2.34. The largest absolute Gasteiger partial charge is 0.493 e. The molecule has 11 heteroatoms. The van der Waals surface area contributed by atoms with Crippen LogP contribution in [0.2, 0.25) is 0 Å². The van der Waals surface area contributed by atoms with Crippen LogP contribution < -0.4 is 34.3 Å². The average molecular weight is 532 g/mol. The fraction of sp³-hybridized carbons (Fsp3) is 0.320. The van der Waals surface area contributed by atoms with Crippen LogP contribution in [0.15, 0.2) is 35.7 Å². The molecule has 0 unspecified atom stereocenters. The Balaban J connectivity index is 1.73. The SMILES string of the molecule is CCOc1cc(C(=O)NC(=S)Nc2nc(-c3ccc(OC)c(OC)c3)cs2)cc(OCC)c1OCC. The van der Waals surface area contributed by atoms with E-state index in [1.165, 1.54) is 11.3 Å². The molecular weight excluding hydrogens is 502 g/mol. The predicted octanol–water partition coefficient (Wildman–Crippen LogP) is 5.15.